The van der Waals surface area contributed by atoms with E-state index in [1.165, 1.54) is 0 Å². The molecule has 2 aliphatic carbocycles. The average Bonchev–Trinajstić information content (AvgIpc) is 2.62. The molecule has 0 heterocycles. The summed E-state index contributed by atoms with van der Waals surface area (Å²) in [6.45, 7) is 0. The van der Waals surface area contributed by atoms with E-state index in [2.05, 4.69) is 6.08 Å². The first-order valence-corrected chi connectivity index (χ1v) is 3.91. The molecule has 0 aromatic rings. The molecule has 0 radical (unpaired) electrons. The van der Waals surface area contributed by atoms with E-state index in [1.807, 2.05) is 6.08 Å². The van der Waals surface area contributed by atoms with Crippen molar-refractivity contribution >= 4 is 5.91 Å². The lowest BCUT2D eigenvalue weighted by atomic mass is 9.87. The molecule has 0 aliphatic heterocycles. The SMILES string of the molecule is O=C(NO)C12C=CC(CC1)C2. The molecule has 2 rings (SSSR count). The van der Waals surface area contributed by atoms with Crippen LogP contribution < -0.4 is 5.48 Å². The van der Waals surface area contributed by atoms with Crippen molar-refractivity contribution in [3.05, 3.63) is 12.2 Å². The van der Waals surface area contributed by atoms with Gasteiger partial charge in [0.25, 0.3) is 5.91 Å². The fourth-order valence-corrected chi connectivity index (χ4v) is 2.14. The summed E-state index contributed by atoms with van der Waals surface area (Å²) >= 11 is 0. The summed E-state index contributed by atoms with van der Waals surface area (Å²) < 4.78 is 0. The molecule has 1 fully saturated rings. The fourth-order valence-electron chi connectivity index (χ4n) is 2.14. The highest BCUT2D eigenvalue weighted by atomic mass is 16.5. The van der Waals surface area contributed by atoms with Crippen LogP contribution in [-0.4, -0.2) is 11.1 Å². The number of hydroxylamine groups is 1. The van der Waals surface area contributed by atoms with Crippen molar-refractivity contribution in [2.45, 2.75) is 19.3 Å². The number of allylic oxidation sites excluding steroid dienone is 1. The lowest BCUT2D eigenvalue weighted by Gasteiger charge is -2.19. The molecule has 11 heavy (non-hydrogen) atoms. The van der Waals surface area contributed by atoms with Gasteiger partial charge >= 0.3 is 0 Å². The van der Waals surface area contributed by atoms with Crippen molar-refractivity contribution in [2.24, 2.45) is 11.3 Å². The number of carbonyl (C=O) groups excluding carboxylic acids is 1. The minimum absolute atomic E-state index is 0.242. The topological polar surface area (TPSA) is 49.3 Å². The highest BCUT2D eigenvalue weighted by Gasteiger charge is 2.46. The number of nitrogens with one attached hydrogen (secondary N) is 1. The summed E-state index contributed by atoms with van der Waals surface area (Å²) in [6, 6.07) is 0. The second-order valence-electron chi connectivity index (χ2n) is 3.46. The third kappa shape index (κ3) is 0.807. The molecule has 2 atom stereocenters. The zero-order valence-corrected chi connectivity index (χ0v) is 6.21. The Balaban J connectivity index is 2.23. The molecule has 0 aromatic carbocycles. The quantitative estimate of drug-likeness (QED) is 0.333. The van der Waals surface area contributed by atoms with Crippen LogP contribution in [0.25, 0.3) is 0 Å². The average molecular weight is 153 g/mol. The Labute approximate surface area is 65.1 Å². The van der Waals surface area contributed by atoms with Gasteiger partial charge in [0, 0.05) is 0 Å². The van der Waals surface area contributed by atoms with Crippen molar-refractivity contribution in [3.63, 3.8) is 0 Å². The Kier molecular flexibility index (Phi) is 1.29. The van der Waals surface area contributed by atoms with Gasteiger partial charge in [0.15, 0.2) is 0 Å². The number of hydrogen-bond donors (Lipinski definition) is 2. The molecular formula is C8H11NO2. The van der Waals surface area contributed by atoms with Crippen LogP contribution in [0.1, 0.15) is 19.3 Å². The van der Waals surface area contributed by atoms with Crippen LogP contribution in [0.15, 0.2) is 12.2 Å². The van der Waals surface area contributed by atoms with Crippen LogP contribution in [-0.2, 0) is 4.79 Å². The maximum absolute atomic E-state index is 11.2. The molecule has 2 bridgehead atoms. The third-order valence-corrected chi connectivity index (χ3v) is 2.83. The van der Waals surface area contributed by atoms with Gasteiger partial charge in [-0.2, -0.15) is 0 Å². The van der Waals surface area contributed by atoms with E-state index < -0.39 is 0 Å². The number of fused-ring (bicyclic) bond motifs is 2. The van der Waals surface area contributed by atoms with Crippen LogP contribution in [0.3, 0.4) is 0 Å². The molecule has 60 valence electrons. The minimum Gasteiger partial charge on any atom is -0.289 e. The van der Waals surface area contributed by atoms with Crippen molar-refractivity contribution in [2.75, 3.05) is 0 Å². The highest BCUT2D eigenvalue weighted by Crippen LogP contribution is 2.48. The molecular weight excluding hydrogens is 142 g/mol. The van der Waals surface area contributed by atoms with Gasteiger partial charge in [-0.15, -0.1) is 0 Å². The second kappa shape index (κ2) is 2.08. The number of rotatable bonds is 1. The predicted molar refractivity (Wildman–Crippen MR) is 38.8 cm³/mol. The van der Waals surface area contributed by atoms with Crippen LogP contribution in [0, 0.1) is 11.3 Å². The maximum atomic E-state index is 11.2. The molecule has 0 saturated heterocycles. The minimum atomic E-state index is -0.362. The van der Waals surface area contributed by atoms with Crippen molar-refractivity contribution in [3.8, 4) is 0 Å². The molecule has 3 nitrogen and oxygen atoms in total. The first kappa shape index (κ1) is 6.85. The van der Waals surface area contributed by atoms with Crippen LogP contribution >= 0.6 is 0 Å². The van der Waals surface area contributed by atoms with E-state index in [1.54, 1.807) is 5.48 Å². The van der Waals surface area contributed by atoms with E-state index in [-0.39, 0.29) is 11.3 Å². The summed E-state index contributed by atoms with van der Waals surface area (Å²) in [6.07, 6.45) is 6.88. The van der Waals surface area contributed by atoms with Gasteiger partial charge in [0.1, 0.15) is 0 Å². The van der Waals surface area contributed by atoms with E-state index in [0.717, 1.165) is 19.3 Å². The third-order valence-electron chi connectivity index (χ3n) is 2.83. The Bertz CT molecular complexity index is 224. The van der Waals surface area contributed by atoms with Gasteiger partial charge < -0.3 is 0 Å². The van der Waals surface area contributed by atoms with Gasteiger partial charge in [-0.3, -0.25) is 10.0 Å². The van der Waals surface area contributed by atoms with Gasteiger partial charge in [0.05, 0.1) is 5.41 Å². The molecule has 2 aliphatic rings. The van der Waals surface area contributed by atoms with Crippen LogP contribution in [0.5, 0.6) is 0 Å². The smallest absolute Gasteiger partial charge is 0.253 e. The first-order valence-electron chi connectivity index (χ1n) is 3.91. The Morgan fingerprint density at radius 3 is 2.91 bits per heavy atom. The largest absolute Gasteiger partial charge is 0.289 e. The summed E-state index contributed by atoms with van der Waals surface area (Å²) in [4.78, 5) is 11.2. The first-order chi connectivity index (χ1) is 5.27. The van der Waals surface area contributed by atoms with Crippen molar-refractivity contribution in [1.82, 2.24) is 5.48 Å². The normalized spacial score (nSPS) is 39.5. The van der Waals surface area contributed by atoms with Gasteiger partial charge in [-0.25, -0.2) is 5.48 Å². The lowest BCUT2D eigenvalue weighted by Crippen LogP contribution is -2.35. The summed E-state index contributed by atoms with van der Waals surface area (Å²) in [5.41, 5.74) is 1.37. The molecule has 2 unspecified atom stereocenters. The molecule has 0 aromatic heterocycles. The Morgan fingerprint density at radius 2 is 2.55 bits per heavy atom. The zero-order chi connectivity index (χ0) is 7.90. The maximum Gasteiger partial charge on any atom is 0.253 e. The fraction of sp³-hybridized carbons (Fsp3) is 0.625. The van der Waals surface area contributed by atoms with E-state index in [4.69, 9.17) is 5.21 Å². The number of amides is 1. The summed E-state index contributed by atoms with van der Waals surface area (Å²) in [5, 5.41) is 8.48. The molecule has 0 spiro atoms. The van der Waals surface area contributed by atoms with Crippen molar-refractivity contribution < 1.29 is 10.0 Å². The van der Waals surface area contributed by atoms with Crippen molar-refractivity contribution in [1.29, 1.82) is 0 Å². The lowest BCUT2D eigenvalue weighted by molar-refractivity contribution is -0.136. The second-order valence-corrected chi connectivity index (χ2v) is 3.46. The summed E-state index contributed by atoms with van der Waals surface area (Å²) in [7, 11) is 0. The zero-order valence-electron chi connectivity index (χ0n) is 6.21. The van der Waals surface area contributed by atoms with Gasteiger partial charge in [-0.1, -0.05) is 12.2 Å². The number of carbonyl (C=O) groups is 1. The van der Waals surface area contributed by atoms with Crippen LogP contribution in [0.4, 0.5) is 0 Å². The Hall–Kier alpha value is -0.830. The standard InChI is InChI=1S/C8H11NO2/c10-7(9-11)8-3-1-6(5-8)2-4-8/h1,3,6,11H,2,4-5H2,(H,9,10). The molecule has 1 amide bonds. The predicted octanol–water partition coefficient (Wildman–Crippen LogP) is 0.848. The molecule has 3 heteroatoms. The van der Waals surface area contributed by atoms with Gasteiger partial charge in [0.2, 0.25) is 0 Å². The molecule has 2 N–H and O–H groups in total. The number of hydrogen-bond acceptors (Lipinski definition) is 2. The Morgan fingerprint density at radius 1 is 1.73 bits per heavy atom. The van der Waals surface area contributed by atoms with Gasteiger partial charge in [-0.05, 0) is 25.2 Å². The van der Waals surface area contributed by atoms with E-state index >= 15 is 0 Å². The molecule has 1 saturated carbocycles. The van der Waals surface area contributed by atoms with E-state index in [9.17, 15) is 4.79 Å². The summed E-state index contributed by atoms with van der Waals surface area (Å²) in [5.74, 6) is 0.334. The van der Waals surface area contributed by atoms with E-state index in [0.29, 0.717) is 5.92 Å². The monoisotopic (exact) mass is 153 g/mol. The van der Waals surface area contributed by atoms with Crippen LogP contribution in [0.2, 0.25) is 0 Å². The highest BCUT2D eigenvalue weighted by molar-refractivity contribution is 5.84.